The minimum absolute atomic E-state index is 0.100. The molecule has 0 aliphatic heterocycles. The first-order valence-electron chi connectivity index (χ1n) is 6.35. The van der Waals surface area contributed by atoms with Gasteiger partial charge in [0.05, 0.1) is 0 Å². The van der Waals surface area contributed by atoms with Crippen LogP contribution in [0.1, 0.15) is 22.8 Å². The Hall–Kier alpha value is -2.62. The highest BCUT2D eigenvalue weighted by Crippen LogP contribution is 2.09. The summed E-state index contributed by atoms with van der Waals surface area (Å²) in [4.78, 5) is 22.8. The van der Waals surface area contributed by atoms with Crippen LogP contribution in [0.3, 0.4) is 0 Å². The van der Waals surface area contributed by atoms with Gasteiger partial charge in [-0.3, -0.25) is 9.59 Å². The second-order valence-electron chi connectivity index (χ2n) is 4.43. The third kappa shape index (κ3) is 3.95. The van der Waals surface area contributed by atoms with Crippen LogP contribution in [0, 0.1) is 0 Å². The first-order chi connectivity index (χ1) is 9.65. The van der Waals surface area contributed by atoms with Crippen molar-refractivity contribution in [3.05, 3.63) is 65.7 Å². The number of hydrogen-bond donors (Lipinski definition) is 2. The van der Waals surface area contributed by atoms with Crippen LogP contribution in [0.5, 0.6) is 0 Å². The number of hydrogen-bond acceptors (Lipinski definition) is 2. The Bertz CT molecular complexity index is 592. The number of benzene rings is 2. The molecule has 0 fully saturated rings. The number of anilines is 1. The van der Waals surface area contributed by atoms with Gasteiger partial charge in [0.2, 0.25) is 5.91 Å². The highest BCUT2D eigenvalue weighted by Gasteiger charge is 2.03. The fourth-order valence-electron chi connectivity index (χ4n) is 1.78. The summed E-state index contributed by atoms with van der Waals surface area (Å²) in [6, 6.07) is 16.4. The largest absolute Gasteiger partial charge is 0.348 e. The Morgan fingerprint density at radius 1 is 0.950 bits per heavy atom. The molecule has 2 aromatic rings. The van der Waals surface area contributed by atoms with Gasteiger partial charge in [-0.05, 0) is 29.8 Å². The van der Waals surface area contributed by atoms with Crippen molar-refractivity contribution < 1.29 is 9.59 Å². The van der Waals surface area contributed by atoms with Gasteiger partial charge in [0.15, 0.2) is 0 Å². The van der Waals surface area contributed by atoms with E-state index in [0.717, 1.165) is 11.3 Å². The molecule has 4 heteroatoms. The third-order valence-corrected chi connectivity index (χ3v) is 2.76. The van der Waals surface area contributed by atoms with E-state index in [0.29, 0.717) is 12.1 Å². The third-order valence-electron chi connectivity index (χ3n) is 2.76. The van der Waals surface area contributed by atoms with Gasteiger partial charge < -0.3 is 10.6 Å². The van der Waals surface area contributed by atoms with Crippen LogP contribution >= 0.6 is 0 Å². The topological polar surface area (TPSA) is 58.2 Å². The van der Waals surface area contributed by atoms with Crippen molar-refractivity contribution >= 4 is 17.5 Å². The predicted molar refractivity (Wildman–Crippen MR) is 78.4 cm³/mol. The van der Waals surface area contributed by atoms with Gasteiger partial charge in [0.25, 0.3) is 5.91 Å². The molecular weight excluding hydrogens is 252 g/mol. The SMILES string of the molecule is CC(=O)Nc1ccc(CNC(=O)c2ccccc2)cc1. The molecule has 2 amide bonds. The molecule has 2 rings (SSSR count). The van der Waals surface area contributed by atoms with Crippen LogP contribution in [0.25, 0.3) is 0 Å². The Morgan fingerprint density at radius 2 is 1.60 bits per heavy atom. The van der Waals surface area contributed by atoms with Crippen molar-refractivity contribution in [3.63, 3.8) is 0 Å². The van der Waals surface area contributed by atoms with Gasteiger partial charge in [-0.1, -0.05) is 30.3 Å². The Labute approximate surface area is 117 Å². The standard InChI is InChI=1S/C16H16N2O2/c1-12(19)18-15-9-7-13(8-10-15)11-17-16(20)14-5-3-2-4-6-14/h2-10H,11H2,1H3,(H,17,20)(H,18,19). The van der Waals surface area contributed by atoms with E-state index in [2.05, 4.69) is 10.6 Å². The number of carbonyl (C=O) groups excluding carboxylic acids is 2. The Balaban J connectivity index is 1.91. The summed E-state index contributed by atoms with van der Waals surface area (Å²) in [6.45, 7) is 1.92. The summed E-state index contributed by atoms with van der Waals surface area (Å²) in [5.74, 6) is -0.202. The molecule has 0 aliphatic carbocycles. The number of carbonyl (C=O) groups is 2. The van der Waals surface area contributed by atoms with E-state index in [1.807, 2.05) is 42.5 Å². The Kier molecular flexibility index (Phi) is 4.50. The summed E-state index contributed by atoms with van der Waals surface area (Å²) in [5.41, 5.74) is 2.36. The summed E-state index contributed by atoms with van der Waals surface area (Å²) >= 11 is 0. The molecule has 0 unspecified atom stereocenters. The molecule has 20 heavy (non-hydrogen) atoms. The van der Waals surface area contributed by atoms with E-state index in [1.54, 1.807) is 12.1 Å². The summed E-state index contributed by atoms with van der Waals surface area (Å²) in [7, 11) is 0. The van der Waals surface area contributed by atoms with Crippen LogP contribution in [-0.4, -0.2) is 11.8 Å². The molecule has 2 aromatic carbocycles. The second-order valence-corrected chi connectivity index (χ2v) is 4.43. The van der Waals surface area contributed by atoms with E-state index >= 15 is 0 Å². The molecule has 0 heterocycles. The van der Waals surface area contributed by atoms with Crippen LogP contribution < -0.4 is 10.6 Å². The highest BCUT2D eigenvalue weighted by molar-refractivity contribution is 5.94. The first kappa shape index (κ1) is 13.8. The minimum Gasteiger partial charge on any atom is -0.348 e. The molecule has 2 N–H and O–H groups in total. The van der Waals surface area contributed by atoms with Crippen LogP contribution in [-0.2, 0) is 11.3 Å². The van der Waals surface area contributed by atoms with Gasteiger partial charge >= 0.3 is 0 Å². The average molecular weight is 268 g/mol. The molecule has 0 spiro atoms. The lowest BCUT2D eigenvalue weighted by molar-refractivity contribution is -0.114. The normalized spacial score (nSPS) is 9.85. The molecular formula is C16H16N2O2. The molecule has 4 nitrogen and oxygen atoms in total. The van der Waals surface area contributed by atoms with Crippen LogP contribution in [0.4, 0.5) is 5.69 Å². The van der Waals surface area contributed by atoms with E-state index in [1.165, 1.54) is 6.92 Å². The van der Waals surface area contributed by atoms with Crippen LogP contribution in [0.15, 0.2) is 54.6 Å². The zero-order valence-electron chi connectivity index (χ0n) is 11.2. The number of nitrogens with one attached hydrogen (secondary N) is 2. The van der Waals surface area contributed by atoms with Gasteiger partial charge in [0.1, 0.15) is 0 Å². The van der Waals surface area contributed by atoms with Gasteiger partial charge in [0, 0.05) is 24.7 Å². The van der Waals surface area contributed by atoms with E-state index < -0.39 is 0 Å². The first-order valence-corrected chi connectivity index (χ1v) is 6.35. The molecule has 0 bridgehead atoms. The Morgan fingerprint density at radius 3 is 2.20 bits per heavy atom. The molecule has 0 atom stereocenters. The maximum Gasteiger partial charge on any atom is 0.251 e. The van der Waals surface area contributed by atoms with E-state index in [9.17, 15) is 9.59 Å². The highest BCUT2D eigenvalue weighted by atomic mass is 16.2. The second kappa shape index (κ2) is 6.52. The fraction of sp³-hybridized carbons (Fsp3) is 0.125. The maximum absolute atomic E-state index is 11.9. The predicted octanol–water partition coefficient (Wildman–Crippen LogP) is 2.58. The van der Waals surface area contributed by atoms with Crippen molar-refractivity contribution in [2.45, 2.75) is 13.5 Å². The van der Waals surface area contributed by atoms with Crippen molar-refractivity contribution in [1.29, 1.82) is 0 Å². The van der Waals surface area contributed by atoms with Crippen molar-refractivity contribution in [1.82, 2.24) is 5.32 Å². The summed E-state index contributed by atoms with van der Waals surface area (Å²) < 4.78 is 0. The lowest BCUT2D eigenvalue weighted by atomic mass is 10.2. The molecule has 0 saturated heterocycles. The molecule has 0 aliphatic rings. The van der Waals surface area contributed by atoms with Crippen molar-refractivity contribution in [2.24, 2.45) is 0 Å². The minimum atomic E-state index is -0.102. The van der Waals surface area contributed by atoms with Gasteiger partial charge in [-0.2, -0.15) is 0 Å². The summed E-state index contributed by atoms with van der Waals surface area (Å²) in [6.07, 6.45) is 0. The van der Waals surface area contributed by atoms with E-state index in [-0.39, 0.29) is 11.8 Å². The zero-order valence-corrected chi connectivity index (χ0v) is 11.2. The van der Waals surface area contributed by atoms with Crippen molar-refractivity contribution in [3.8, 4) is 0 Å². The molecule has 0 aromatic heterocycles. The quantitative estimate of drug-likeness (QED) is 0.895. The molecule has 0 radical (unpaired) electrons. The van der Waals surface area contributed by atoms with Gasteiger partial charge in [-0.25, -0.2) is 0 Å². The van der Waals surface area contributed by atoms with E-state index in [4.69, 9.17) is 0 Å². The average Bonchev–Trinajstić information content (AvgIpc) is 2.46. The summed E-state index contributed by atoms with van der Waals surface area (Å²) in [5, 5.41) is 5.55. The monoisotopic (exact) mass is 268 g/mol. The lowest BCUT2D eigenvalue weighted by Crippen LogP contribution is -2.22. The fourth-order valence-corrected chi connectivity index (χ4v) is 1.78. The smallest absolute Gasteiger partial charge is 0.251 e. The molecule has 102 valence electrons. The number of amides is 2. The maximum atomic E-state index is 11.9. The van der Waals surface area contributed by atoms with Crippen molar-refractivity contribution in [2.75, 3.05) is 5.32 Å². The van der Waals surface area contributed by atoms with Crippen LogP contribution in [0.2, 0.25) is 0 Å². The lowest BCUT2D eigenvalue weighted by Gasteiger charge is -2.07. The van der Waals surface area contributed by atoms with Gasteiger partial charge in [-0.15, -0.1) is 0 Å². The zero-order chi connectivity index (χ0) is 14.4. The molecule has 0 saturated carbocycles. The number of rotatable bonds is 4.